The lowest BCUT2D eigenvalue weighted by Gasteiger charge is -2.32. The fourth-order valence-electron chi connectivity index (χ4n) is 4.32. The van der Waals surface area contributed by atoms with Gasteiger partial charge in [-0.1, -0.05) is 24.6 Å². The summed E-state index contributed by atoms with van der Waals surface area (Å²) in [4.78, 5) is 27.9. The second kappa shape index (κ2) is 8.84. The van der Waals surface area contributed by atoms with E-state index in [0.717, 1.165) is 18.8 Å². The average molecular weight is 501 g/mol. The second-order valence-electron chi connectivity index (χ2n) is 9.00. The van der Waals surface area contributed by atoms with Crippen LogP contribution in [-0.4, -0.2) is 41.4 Å². The standard InChI is InChI=1S/C23H25ClN6O3S/c1-14-11-23(2,3)30(13-14)19-10-7-15(12-26-19)21-16(8-9-17(24)27-21)22(31)29-34(32,33)20-6-4-5-18(25)28-20/h4-10,12,14H,11,13H2,1-3H3,(H2,25,28)(H,29,31)/t14-/m0/s1. The van der Waals surface area contributed by atoms with Crippen LogP contribution in [0, 0.1) is 5.92 Å². The van der Waals surface area contributed by atoms with Crippen molar-refractivity contribution in [3.05, 3.63) is 59.4 Å². The second-order valence-corrected chi connectivity index (χ2v) is 11.0. The van der Waals surface area contributed by atoms with Crippen molar-refractivity contribution < 1.29 is 13.2 Å². The quantitative estimate of drug-likeness (QED) is 0.509. The lowest BCUT2D eigenvalue weighted by Crippen LogP contribution is -2.38. The van der Waals surface area contributed by atoms with Crippen LogP contribution in [-0.2, 0) is 10.0 Å². The predicted octanol–water partition coefficient (Wildman–Crippen LogP) is 3.52. The van der Waals surface area contributed by atoms with Gasteiger partial charge in [0.2, 0.25) is 0 Å². The molecule has 4 heterocycles. The Morgan fingerprint density at radius 3 is 2.56 bits per heavy atom. The van der Waals surface area contributed by atoms with E-state index in [2.05, 4.69) is 40.6 Å². The van der Waals surface area contributed by atoms with Crippen molar-refractivity contribution in [2.45, 2.75) is 37.8 Å². The third kappa shape index (κ3) is 4.83. The van der Waals surface area contributed by atoms with Crippen LogP contribution in [0.5, 0.6) is 0 Å². The normalized spacial score (nSPS) is 17.5. The van der Waals surface area contributed by atoms with Gasteiger partial charge < -0.3 is 10.6 Å². The van der Waals surface area contributed by atoms with E-state index >= 15 is 0 Å². The molecular formula is C23H25ClN6O3S. The fraction of sp³-hybridized carbons (Fsp3) is 0.304. The molecule has 178 valence electrons. The van der Waals surface area contributed by atoms with Gasteiger partial charge in [-0.3, -0.25) is 4.79 Å². The highest BCUT2D eigenvalue weighted by atomic mass is 35.5. The van der Waals surface area contributed by atoms with E-state index in [1.807, 2.05) is 10.8 Å². The molecule has 4 rings (SSSR count). The third-order valence-electron chi connectivity index (χ3n) is 5.72. The van der Waals surface area contributed by atoms with Crippen molar-refractivity contribution in [2.75, 3.05) is 17.2 Å². The molecular weight excluding hydrogens is 476 g/mol. The van der Waals surface area contributed by atoms with E-state index in [-0.39, 0.29) is 32.8 Å². The van der Waals surface area contributed by atoms with E-state index in [0.29, 0.717) is 11.5 Å². The Morgan fingerprint density at radius 2 is 1.94 bits per heavy atom. The summed E-state index contributed by atoms with van der Waals surface area (Å²) in [5, 5.41) is -0.205. The van der Waals surface area contributed by atoms with Gasteiger partial charge in [0, 0.05) is 23.8 Å². The minimum Gasteiger partial charge on any atom is -0.384 e. The van der Waals surface area contributed by atoms with Gasteiger partial charge in [-0.05, 0) is 62.6 Å². The van der Waals surface area contributed by atoms with Gasteiger partial charge >= 0.3 is 0 Å². The van der Waals surface area contributed by atoms with E-state index < -0.39 is 15.9 Å². The number of carbonyl (C=O) groups excluding carboxylic acids is 1. The van der Waals surface area contributed by atoms with Crippen LogP contribution in [0.3, 0.4) is 0 Å². The minimum atomic E-state index is -4.25. The molecule has 0 unspecified atom stereocenters. The van der Waals surface area contributed by atoms with Gasteiger partial charge in [0.05, 0.1) is 11.3 Å². The first-order valence-corrected chi connectivity index (χ1v) is 12.5. The zero-order chi connectivity index (χ0) is 24.7. The summed E-state index contributed by atoms with van der Waals surface area (Å²) in [6.45, 7) is 7.48. The fourth-order valence-corrected chi connectivity index (χ4v) is 5.41. The van der Waals surface area contributed by atoms with Gasteiger partial charge in [-0.2, -0.15) is 8.42 Å². The summed E-state index contributed by atoms with van der Waals surface area (Å²) in [7, 11) is -4.25. The van der Waals surface area contributed by atoms with Crippen molar-refractivity contribution in [3.63, 3.8) is 0 Å². The molecule has 1 fully saturated rings. The van der Waals surface area contributed by atoms with Gasteiger partial charge in [-0.15, -0.1) is 0 Å². The summed E-state index contributed by atoms with van der Waals surface area (Å²) < 4.78 is 27.3. The van der Waals surface area contributed by atoms with Crippen LogP contribution in [0.25, 0.3) is 11.3 Å². The number of nitrogens with two attached hydrogens (primary N) is 1. The molecule has 34 heavy (non-hydrogen) atoms. The van der Waals surface area contributed by atoms with Crippen molar-refractivity contribution in [1.82, 2.24) is 19.7 Å². The smallest absolute Gasteiger partial charge is 0.281 e. The molecule has 1 atom stereocenters. The number of nitrogens with zero attached hydrogens (tertiary/aromatic N) is 4. The number of nitrogens with one attached hydrogen (secondary N) is 1. The maximum absolute atomic E-state index is 13.0. The molecule has 3 aromatic rings. The number of rotatable bonds is 5. The average Bonchev–Trinajstić information content (AvgIpc) is 3.05. The highest BCUT2D eigenvalue weighted by molar-refractivity contribution is 7.90. The Kier molecular flexibility index (Phi) is 6.22. The molecule has 1 amide bonds. The van der Waals surface area contributed by atoms with Crippen LogP contribution in [0.1, 0.15) is 37.6 Å². The van der Waals surface area contributed by atoms with Crippen molar-refractivity contribution in [1.29, 1.82) is 0 Å². The number of carbonyl (C=O) groups is 1. The van der Waals surface area contributed by atoms with Crippen LogP contribution < -0.4 is 15.4 Å². The largest absolute Gasteiger partial charge is 0.384 e. The highest BCUT2D eigenvalue weighted by Crippen LogP contribution is 2.36. The molecule has 11 heteroatoms. The Balaban J connectivity index is 1.64. The summed E-state index contributed by atoms with van der Waals surface area (Å²) in [6.07, 6.45) is 2.67. The summed E-state index contributed by atoms with van der Waals surface area (Å²) >= 11 is 6.09. The number of anilines is 2. The van der Waals surface area contributed by atoms with E-state index in [4.69, 9.17) is 17.3 Å². The molecule has 1 saturated heterocycles. The van der Waals surface area contributed by atoms with Crippen molar-refractivity contribution in [2.24, 2.45) is 5.92 Å². The van der Waals surface area contributed by atoms with Crippen molar-refractivity contribution >= 4 is 39.2 Å². The maximum Gasteiger partial charge on any atom is 0.281 e. The van der Waals surface area contributed by atoms with Crippen LogP contribution in [0.2, 0.25) is 5.15 Å². The van der Waals surface area contributed by atoms with Crippen LogP contribution in [0.4, 0.5) is 11.6 Å². The number of amides is 1. The minimum absolute atomic E-state index is 0.0173. The molecule has 0 radical (unpaired) electrons. The summed E-state index contributed by atoms with van der Waals surface area (Å²) in [6, 6.07) is 10.6. The zero-order valence-electron chi connectivity index (χ0n) is 19.0. The maximum atomic E-state index is 13.0. The summed E-state index contributed by atoms with van der Waals surface area (Å²) in [5.41, 5.74) is 6.33. The Hall–Kier alpha value is -3.24. The van der Waals surface area contributed by atoms with Gasteiger partial charge in [0.1, 0.15) is 16.8 Å². The molecule has 0 aliphatic carbocycles. The predicted molar refractivity (Wildman–Crippen MR) is 131 cm³/mol. The van der Waals surface area contributed by atoms with Gasteiger partial charge in [-0.25, -0.2) is 19.7 Å². The molecule has 0 saturated carbocycles. The van der Waals surface area contributed by atoms with E-state index in [1.54, 1.807) is 12.3 Å². The van der Waals surface area contributed by atoms with Gasteiger partial charge in [0.25, 0.3) is 15.9 Å². The summed E-state index contributed by atoms with van der Waals surface area (Å²) in [5.74, 6) is 0.520. The molecule has 3 N–H and O–H groups in total. The Bertz CT molecular complexity index is 1350. The highest BCUT2D eigenvalue weighted by Gasteiger charge is 2.37. The van der Waals surface area contributed by atoms with Gasteiger partial charge in [0.15, 0.2) is 5.03 Å². The van der Waals surface area contributed by atoms with Crippen molar-refractivity contribution in [3.8, 4) is 11.3 Å². The molecule has 1 aliphatic heterocycles. The first-order valence-electron chi connectivity index (χ1n) is 10.7. The number of sulfonamides is 1. The SMILES string of the molecule is C[C@@H]1CN(c2ccc(-c3nc(Cl)ccc3C(=O)NS(=O)(=O)c3cccc(N)n3)cn2)C(C)(C)C1. The van der Waals surface area contributed by atoms with Crippen LogP contribution in [0.15, 0.2) is 53.7 Å². The molecule has 0 spiro atoms. The Morgan fingerprint density at radius 1 is 1.18 bits per heavy atom. The Labute approximate surface area is 203 Å². The lowest BCUT2D eigenvalue weighted by molar-refractivity contribution is 0.0981. The van der Waals surface area contributed by atoms with Crippen LogP contribution >= 0.6 is 11.6 Å². The zero-order valence-corrected chi connectivity index (χ0v) is 20.6. The molecule has 9 nitrogen and oxygen atoms in total. The third-order valence-corrected chi connectivity index (χ3v) is 7.17. The first kappa shape index (κ1) is 23.9. The number of hydrogen-bond acceptors (Lipinski definition) is 8. The lowest BCUT2D eigenvalue weighted by atomic mass is 9.97. The van der Waals surface area contributed by atoms with E-state index in [9.17, 15) is 13.2 Å². The van der Waals surface area contributed by atoms with E-state index in [1.165, 1.54) is 30.3 Å². The number of halogens is 1. The molecule has 3 aromatic heterocycles. The molecule has 0 bridgehead atoms. The number of pyridine rings is 3. The number of aromatic nitrogens is 3. The topological polar surface area (TPSA) is 131 Å². The number of hydrogen-bond donors (Lipinski definition) is 2. The number of nitrogen functional groups attached to an aromatic ring is 1. The molecule has 0 aromatic carbocycles. The monoisotopic (exact) mass is 500 g/mol. The molecule has 1 aliphatic rings. The first-order chi connectivity index (χ1) is 16.0.